The van der Waals surface area contributed by atoms with E-state index < -0.39 is 5.97 Å². The van der Waals surface area contributed by atoms with E-state index in [0.29, 0.717) is 5.41 Å². The minimum atomic E-state index is -0.897. The summed E-state index contributed by atoms with van der Waals surface area (Å²) in [6.45, 7) is 7.90. The van der Waals surface area contributed by atoms with Crippen LogP contribution in [0.5, 0.6) is 0 Å². The Labute approximate surface area is 112 Å². The fourth-order valence-electron chi connectivity index (χ4n) is 2.30. The summed E-state index contributed by atoms with van der Waals surface area (Å²) in [7, 11) is 0. The molecule has 3 nitrogen and oxygen atoms in total. The Morgan fingerprint density at radius 3 is 2.94 bits per heavy atom. The van der Waals surface area contributed by atoms with Crippen LogP contribution in [0.3, 0.4) is 0 Å². The summed E-state index contributed by atoms with van der Waals surface area (Å²) in [6.07, 6.45) is 4.10. The first kappa shape index (κ1) is 13.3. The van der Waals surface area contributed by atoms with E-state index in [-0.39, 0.29) is 0 Å². The lowest BCUT2D eigenvalue weighted by Gasteiger charge is -2.18. The molecule has 0 unspecified atom stereocenters. The highest BCUT2D eigenvalue weighted by molar-refractivity contribution is 7.12. The van der Waals surface area contributed by atoms with Gasteiger partial charge in [-0.1, -0.05) is 13.8 Å². The predicted octanol–water partition coefficient (Wildman–Crippen LogP) is 3.08. The van der Waals surface area contributed by atoms with E-state index >= 15 is 0 Å². The zero-order valence-electron chi connectivity index (χ0n) is 10.8. The van der Waals surface area contributed by atoms with Crippen LogP contribution in [0, 0.1) is 5.41 Å². The number of carboxylic acid groups (broad SMARTS) is 1. The highest BCUT2D eigenvalue weighted by atomic mass is 32.1. The Bertz CT molecular complexity index is 462. The van der Waals surface area contributed by atoms with Gasteiger partial charge in [0.05, 0.1) is 0 Å². The van der Waals surface area contributed by atoms with Crippen LogP contribution in [0.1, 0.15) is 30.0 Å². The molecule has 0 aliphatic carbocycles. The number of nitrogens with zero attached hydrogens (tertiary/aromatic N) is 1. The van der Waals surface area contributed by atoms with E-state index in [1.165, 1.54) is 17.4 Å². The third kappa shape index (κ3) is 3.68. The van der Waals surface area contributed by atoms with Crippen LogP contribution in [0.4, 0.5) is 0 Å². The summed E-state index contributed by atoms with van der Waals surface area (Å²) in [5.41, 5.74) is 0.434. The van der Waals surface area contributed by atoms with Crippen molar-refractivity contribution in [2.45, 2.75) is 26.8 Å². The molecule has 1 N–H and O–H groups in total. The van der Waals surface area contributed by atoms with Crippen LogP contribution in [0.2, 0.25) is 0 Å². The molecule has 1 fully saturated rings. The smallest absolute Gasteiger partial charge is 0.328 e. The molecule has 0 bridgehead atoms. The monoisotopic (exact) mass is 265 g/mol. The normalized spacial score (nSPS) is 19.7. The minimum Gasteiger partial charge on any atom is -0.478 e. The van der Waals surface area contributed by atoms with Crippen LogP contribution in [-0.4, -0.2) is 29.1 Å². The molecule has 2 rings (SSSR count). The molecule has 4 heteroatoms. The molecule has 98 valence electrons. The van der Waals surface area contributed by atoms with Crippen molar-refractivity contribution in [2.75, 3.05) is 13.1 Å². The molecule has 0 radical (unpaired) electrons. The maximum Gasteiger partial charge on any atom is 0.328 e. The number of carbonyl (C=O) groups is 1. The number of carboxylic acids is 1. The van der Waals surface area contributed by atoms with Gasteiger partial charge in [0, 0.05) is 28.9 Å². The molecule has 2 heterocycles. The fraction of sp³-hybridized carbons (Fsp3) is 0.500. The summed E-state index contributed by atoms with van der Waals surface area (Å²) in [5, 5.41) is 8.58. The Balaban J connectivity index is 1.93. The Kier molecular flexibility index (Phi) is 3.88. The van der Waals surface area contributed by atoms with E-state index in [1.807, 2.05) is 6.07 Å². The van der Waals surface area contributed by atoms with Crippen molar-refractivity contribution in [3.63, 3.8) is 0 Å². The molecule has 1 aliphatic rings. The first-order valence-electron chi connectivity index (χ1n) is 6.17. The lowest BCUT2D eigenvalue weighted by atomic mass is 9.93. The molecular formula is C14H19NO2S. The van der Waals surface area contributed by atoms with Crippen molar-refractivity contribution in [1.29, 1.82) is 0 Å². The van der Waals surface area contributed by atoms with Gasteiger partial charge in [-0.15, -0.1) is 11.3 Å². The van der Waals surface area contributed by atoms with Crippen molar-refractivity contribution in [1.82, 2.24) is 4.90 Å². The van der Waals surface area contributed by atoms with Crippen molar-refractivity contribution in [2.24, 2.45) is 5.41 Å². The first-order valence-corrected chi connectivity index (χ1v) is 6.98. The van der Waals surface area contributed by atoms with Gasteiger partial charge in [-0.25, -0.2) is 4.79 Å². The van der Waals surface area contributed by atoms with E-state index in [9.17, 15) is 4.79 Å². The third-order valence-electron chi connectivity index (χ3n) is 3.21. The van der Waals surface area contributed by atoms with Crippen LogP contribution < -0.4 is 0 Å². The number of thiophene rings is 1. The molecule has 0 atom stereocenters. The molecule has 0 amide bonds. The SMILES string of the molecule is CC1(C)CCN(Cc2ccc(C=CC(=O)O)s2)C1. The van der Waals surface area contributed by atoms with Gasteiger partial charge in [0.1, 0.15) is 0 Å². The summed E-state index contributed by atoms with van der Waals surface area (Å²) in [6, 6.07) is 4.08. The van der Waals surface area contributed by atoms with Crippen LogP contribution in [0.15, 0.2) is 18.2 Å². The lowest BCUT2D eigenvalue weighted by molar-refractivity contribution is -0.131. The van der Waals surface area contributed by atoms with E-state index in [2.05, 4.69) is 24.8 Å². The number of hydrogen-bond donors (Lipinski definition) is 1. The van der Waals surface area contributed by atoms with Gasteiger partial charge >= 0.3 is 5.97 Å². The standard InChI is InChI=1S/C14H19NO2S/c1-14(2)7-8-15(10-14)9-12-4-3-11(18-12)5-6-13(16)17/h3-6H,7-10H2,1-2H3,(H,16,17). The average Bonchev–Trinajstić information content (AvgIpc) is 2.83. The van der Waals surface area contributed by atoms with Gasteiger partial charge in [-0.3, -0.25) is 4.90 Å². The maximum absolute atomic E-state index is 10.4. The molecule has 0 saturated carbocycles. The summed E-state index contributed by atoms with van der Waals surface area (Å²) >= 11 is 1.67. The molecule has 1 saturated heterocycles. The van der Waals surface area contributed by atoms with Gasteiger partial charge in [0.2, 0.25) is 0 Å². The first-order chi connectivity index (χ1) is 8.44. The zero-order chi connectivity index (χ0) is 13.2. The number of aliphatic carboxylic acids is 1. The second-order valence-electron chi connectivity index (χ2n) is 5.60. The average molecular weight is 265 g/mol. The molecule has 1 aliphatic heterocycles. The fourth-order valence-corrected chi connectivity index (χ4v) is 3.26. The number of hydrogen-bond acceptors (Lipinski definition) is 3. The number of likely N-dealkylation sites (tertiary alicyclic amines) is 1. The Morgan fingerprint density at radius 2 is 2.33 bits per heavy atom. The molecule has 1 aromatic rings. The van der Waals surface area contributed by atoms with Crippen molar-refractivity contribution < 1.29 is 9.90 Å². The Hall–Kier alpha value is -1.13. The van der Waals surface area contributed by atoms with Crippen molar-refractivity contribution in [3.05, 3.63) is 28.0 Å². The van der Waals surface area contributed by atoms with Gasteiger partial charge in [-0.2, -0.15) is 0 Å². The van der Waals surface area contributed by atoms with Gasteiger partial charge in [-0.05, 0) is 36.6 Å². The predicted molar refractivity (Wildman–Crippen MR) is 74.7 cm³/mol. The van der Waals surface area contributed by atoms with E-state index in [4.69, 9.17) is 5.11 Å². The van der Waals surface area contributed by atoms with Crippen molar-refractivity contribution in [3.8, 4) is 0 Å². The van der Waals surface area contributed by atoms with E-state index in [1.54, 1.807) is 17.4 Å². The summed E-state index contributed by atoms with van der Waals surface area (Å²) in [4.78, 5) is 15.2. The van der Waals surface area contributed by atoms with Gasteiger partial charge in [0.25, 0.3) is 0 Å². The molecular weight excluding hydrogens is 246 g/mol. The zero-order valence-corrected chi connectivity index (χ0v) is 11.7. The molecule has 0 aromatic carbocycles. The maximum atomic E-state index is 10.4. The minimum absolute atomic E-state index is 0.434. The van der Waals surface area contributed by atoms with Gasteiger partial charge in [0.15, 0.2) is 0 Å². The lowest BCUT2D eigenvalue weighted by Crippen LogP contribution is -2.22. The Morgan fingerprint density at radius 1 is 1.56 bits per heavy atom. The second-order valence-corrected chi connectivity index (χ2v) is 6.80. The summed E-state index contributed by atoms with van der Waals surface area (Å²) in [5.74, 6) is -0.897. The van der Waals surface area contributed by atoms with Crippen LogP contribution >= 0.6 is 11.3 Å². The topological polar surface area (TPSA) is 40.5 Å². The van der Waals surface area contributed by atoms with Crippen LogP contribution in [0.25, 0.3) is 6.08 Å². The molecule has 0 spiro atoms. The van der Waals surface area contributed by atoms with Gasteiger partial charge < -0.3 is 5.11 Å². The van der Waals surface area contributed by atoms with E-state index in [0.717, 1.165) is 24.5 Å². The van der Waals surface area contributed by atoms with Crippen LogP contribution in [-0.2, 0) is 11.3 Å². The highest BCUT2D eigenvalue weighted by Crippen LogP contribution is 2.30. The molecule has 1 aromatic heterocycles. The van der Waals surface area contributed by atoms with Crippen molar-refractivity contribution >= 4 is 23.4 Å². The quantitative estimate of drug-likeness (QED) is 0.851. The second kappa shape index (κ2) is 5.24. The summed E-state index contributed by atoms with van der Waals surface area (Å²) < 4.78 is 0. The number of rotatable bonds is 4. The highest BCUT2D eigenvalue weighted by Gasteiger charge is 2.28. The largest absolute Gasteiger partial charge is 0.478 e. The third-order valence-corrected chi connectivity index (χ3v) is 4.24. The molecule has 18 heavy (non-hydrogen) atoms.